The lowest BCUT2D eigenvalue weighted by molar-refractivity contribution is 0.0735. The van der Waals surface area contributed by atoms with E-state index in [4.69, 9.17) is 0 Å². The van der Waals surface area contributed by atoms with Crippen LogP contribution in [0, 0.1) is 0 Å². The first kappa shape index (κ1) is 12.7. The highest BCUT2D eigenvalue weighted by atomic mass is 16.3. The zero-order chi connectivity index (χ0) is 13.9. The molecule has 1 atom stereocenters. The molecule has 3 rings (SSSR count). The molecule has 2 aromatic rings. The van der Waals surface area contributed by atoms with Crippen molar-refractivity contribution in [3.8, 4) is 5.75 Å². The summed E-state index contributed by atoms with van der Waals surface area (Å²) in [6.45, 7) is 0.744. The van der Waals surface area contributed by atoms with E-state index in [0.717, 1.165) is 24.9 Å². The van der Waals surface area contributed by atoms with Gasteiger partial charge in [-0.3, -0.25) is 9.78 Å². The highest BCUT2D eigenvalue weighted by Gasteiger charge is 2.30. The van der Waals surface area contributed by atoms with Crippen molar-refractivity contribution in [1.82, 2.24) is 9.88 Å². The van der Waals surface area contributed by atoms with E-state index in [2.05, 4.69) is 17.1 Å². The van der Waals surface area contributed by atoms with Crippen molar-refractivity contribution in [3.63, 3.8) is 0 Å². The lowest BCUT2D eigenvalue weighted by Gasteiger charge is -2.25. The second kappa shape index (κ2) is 5.33. The van der Waals surface area contributed by atoms with Crippen molar-refractivity contribution in [2.45, 2.75) is 18.9 Å². The fourth-order valence-corrected chi connectivity index (χ4v) is 2.74. The average Bonchev–Trinajstić information content (AvgIpc) is 2.97. The number of aromatic nitrogens is 1. The van der Waals surface area contributed by atoms with Crippen molar-refractivity contribution in [2.24, 2.45) is 0 Å². The Morgan fingerprint density at radius 1 is 1.25 bits per heavy atom. The zero-order valence-corrected chi connectivity index (χ0v) is 11.1. The molecular formula is C16H16N2O2. The van der Waals surface area contributed by atoms with Gasteiger partial charge in [0.15, 0.2) is 0 Å². The summed E-state index contributed by atoms with van der Waals surface area (Å²) < 4.78 is 0. The van der Waals surface area contributed by atoms with E-state index >= 15 is 0 Å². The number of aromatic hydroxyl groups is 1. The number of pyridine rings is 1. The molecule has 1 aliphatic rings. The van der Waals surface area contributed by atoms with Crippen LogP contribution in [0.25, 0.3) is 0 Å². The second-order valence-corrected chi connectivity index (χ2v) is 5.00. The van der Waals surface area contributed by atoms with E-state index in [-0.39, 0.29) is 17.7 Å². The van der Waals surface area contributed by atoms with Gasteiger partial charge in [0.05, 0.1) is 17.8 Å². The van der Waals surface area contributed by atoms with Crippen molar-refractivity contribution in [1.29, 1.82) is 0 Å². The van der Waals surface area contributed by atoms with Crippen LogP contribution in [-0.4, -0.2) is 27.4 Å². The molecule has 1 N–H and O–H groups in total. The second-order valence-electron chi connectivity index (χ2n) is 5.00. The number of hydrogen-bond acceptors (Lipinski definition) is 3. The van der Waals surface area contributed by atoms with Crippen LogP contribution in [0.5, 0.6) is 5.75 Å². The quantitative estimate of drug-likeness (QED) is 0.911. The summed E-state index contributed by atoms with van der Waals surface area (Å²) >= 11 is 0. The number of carbonyl (C=O) groups excluding carboxylic acids is 1. The topological polar surface area (TPSA) is 53.4 Å². The van der Waals surface area contributed by atoms with Gasteiger partial charge in [-0.2, -0.15) is 0 Å². The maximum Gasteiger partial charge on any atom is 0.256 e. The van der Waals surface area contributed by atoms with Gasteiger partial charge in [-0.25, -0.2) is 0 Å². The van der Waals surface area contributed by atoms with E-state index in [9.17, 15) is 9.90 Å². The molecule has 0 bridgehead atoms. The summed E-state index contributed by atoms with van der Waals surface area (Å²) in [6, 6.07) is 11.7. The predicted molar refractivity (Wildman–Crippen MR) is 75.4 cm³/mol. The average molecular weight is 268 g/mol. The summed E-state index contributed by atoms with van der Waals surface area (Å²) in [5.74, 6) is -0.0499. The van der Waals surface area contributed by atoms with E-state index in [0.29, 0.717) is 5.56 Å². The van der Waals surface area contributed by atoms with Crippen molar-refractivity contribution in [2.75, 3.05) is 6.54 Å². The molecule has 4 heteroatoms. The third-order valence-corrected chi connectivity index (χ3v) is 3.67. The van der Waals surface area contributed by atoms with Crippen LogP contribution in [0.4, 0.5) is 0 Å². The summed E-state index contributed by atoms with van der Waals surface area (Å²) in [5.41, 5.74) is 1.60. The fraction of sp³-hybridized carbons (Fsp3) is 0.250. The predicted octanol–water partition coefficient (Wildman–Crippen LogP) is 2.76. The SMILES string of the molecule is O=C(c1cncc(O)c1)N1CCCC1c1ccccc1. The van der Waals surface area contributed by atoms with Gasteiger partial charge in [-0.1, -0.05) is 30.3 Å². The van der Waals surface area contributed by atoms with Crippen LogP contribution in [0.15, 0.2) is 48.8 Å². The highest BCUT2D eigenvalue weighted by Crippen LogP contribution is 2.33. The smallest absolute Gasteiger partial charge is 0.256 e. The molecule has 1 fully saturated rings. The van der Waals surface area contributed by atoms with Crippen LogP contribution >= 0.6 is 0 Å². The number of benzene rings is 1. The fourth-order valence-electron chi connectivity index (χ4n) is 2.74. The number of rotatable bonds is 2. The Kier molecular flexibility index (Phi) is 3.37. The van der Waals surface area contributed by atoms with Gasteiger partial charge in [0.1, 0.15) is 5.75 Å². The van der Waals surface area contributed by atoms with Crippen LogP contribution < -0.4 is 0 Å². The third kappa shape index (κ3) is 2.37. The van der Waals surface area contributed by atoms with Crippen LogP contribution in [0.1, 0.15) is 34.8 Å². The lowest BCUT2D eigenvalue weighted by atomic mass is 10.0. The minimum absolute atomic E-state index is 0.0197. The molecule has 1 aromatic carbocycles. The van der Waals surface area contributed by atoms with Crippen LogP contribution in [-0.2, 0) is 0 Å². The Morgan fingerprint density at radius 3 is 2.80 bits per heavy atom. The van der Waals surface area contributed by atoms with Gasteiger partial charge < -0.3 is 10.0 Å². The monoisotopic (exact) mass is 268 g/mol. The Labute approximate surface area is 117 Å². The summed E-state index contributed by atoms with van der Waals surface area (Å²) in [7, 11) is 0. The molecule has 1 aliphatic heterocycles. The van der Waals surface area contributed by atoms with Gasteiger partial charge in [0, 0.05) is 12.7 Å². The lowest BCUT2D eigenvalue weighted by Crippen LogP contribution is -2.30. The van der Waals surface area contributed by atoms with Crippen LogP contribution in [0.3, 0.4) is 0 Å². The maximum absolute atomic E-state index is 12.6. The first-order valence-electron chi connectivity index (χ1n) is 6.75. The van der Waals surface area contributed by atoms with E-state index in [1.165, 1.54) is 18.5 Å². The zero-order valence-electron chi connectivity index (χ0n) is 11.1. The molecule has 2 heterocycles. The molecule has 20 heavy (non-hydrogen) atoms. The van der Waals surface area contributed by atoms with Gasteiger partial charge in [0.25, 0.3) is 5.91 Å². The Hall–Kier alpha value is -2.36. The van der Waals surface area contributed by atoms with Gasteiger partial charge in [-0.15, -0.1) is 0 Å². The van der Waals surface area contributed by atoms with E-state index in [1.807, 2.05) is 23.1 Å². The molecule has 1 saturated heterocycles. The Morgan fingerprint density at radius 2 is 2.05 bits per heavy atom. The Bertz CT molecular complexity index is 613. The number of carbonyl (C=O) groups is 1. The molecule has 0 saturated carbocycles. The normalized spacial score (nSPS) is 18.2. The van der Waals surface area contributed by atoms with Crippen molar-refractivity contribution < 1.29 is 9.90 Å². The van der Waals surface area contributed by atoms with Crippen molar-refractivity contribution >= 4 is 5.91 Å². The molecule has 0 spiro atoms. The maximum atomic E-state index is 12.6. The molecule has 1 aromatic heterocycles. The largest absolute Gasteiger partial charge is 0.506 e. The molecule has 0 aliphatic carbocycles. The molecular weight excluding hydrogens is 252 g/mol. The standard InChI is InChI=1S/C16H16N2O2/c19-14-9-13(10-17-11-14)16(20)18-8-4-7-15(18)12-5-2-1-3-6-12/h1-3,5-6,9-11,15,19H,4,7-8H2. The first-order chi connectivity index (χ1) is 9.75. The molecule has 102 valence electrons. The van der Waals surface area contributed by atoms with E-state index in [1.54, 1.807) is 0 Å². The first-order valence-corrected chi connectivity index (χ1v) is 6.75. The summed E-state index contributed by atoms with van der Waals surface area (Å²) in [5, 5.41) is 9.45. The van der Waals surface area contributed by atoms with Gasteiger partial charge in [-0.05, 0) is 24.5 Å². The van der Waals surface area contributed by atoms with Gasteiger partial charge in [0.2, 0.25) is 0 Å². The third-order valence-electron chi connectivity index (χ3n) is 3.67. The number of likely N-dealkylation sites (tertiary alicyclic amines) is 1. The van der Waals surface area contributed by atoms with Gasteiger partial charge >= 0.3 is 0 Å². The molecule has 4 nitrogen and oxygen atoms in total. The molecule has 1 amide bonds. The summed E-state index contributed by atoms with van der Waals surface area (Å²) in [4.78, 5) is 18.3. The van der Waals surface area contributed by atoms with E-state index < -0.39 is 0 Å². The minimum Gasteiger partial charge on any atom is -0.506 e. The molecule has 0 radical (unpaired) electrons. The molecule has 1 unspecified atom stereocenters. The van der Waals surface area contributed by atoms with Crippen molar-refractivity contribution in [3.05, 3.63) is 59.9 Å². The minimum atomic E-state index is -0.0697. The van der Waals surface area contributed by atoms with Crippen LogP contribution in [0.2, 0.25) is 0 Å². The highest BCUT2D eigenvalue weighted by molar-refractivity contribution is 5.94. The number of amides is 1. The number of nitrogens with zero attached hydrogens (tertiary/aromatic N) is 2. The Balaban J connectivity index is 1.87. The summed E-state index contributed by atoms with van der Waals surface area (Å²) in [6.07, 6.45) is 4.80. The number of hydrogen-bond donors (Lipinski definition) is 1.